The number of hydrogen-bond acceptors (Lipinski definition) is 3. The normalized spacial score (nSPS) is 9.23. The van der Waals surface area contributed by atoms with Gasteiger partial charge in [0.25, 0.3) is 0 Å². The van der Waals surface area contributed by atoms with Crippen LogP contribution in [-0.2, 0) is 14.3 Å². The van der Waals surface area contributed by atoms with Gasteiger partial charge >= 0.3 is 11.9 Å². The van der Waals surface area contributed by atoms with Gasteiger partial charge in [0.2, 0.25) is 0 Å². The lowest BCUT2D eigenvalue weighted by molar-refractivity contribution is -0.145. The van der Waals surface area contributed by atoms with Crippen molar-refractivity contribution < 1.29 is 19.4 Å². The summed E-state index contributed by atoms with van der Waals surface area (Å²) in [6.45, 7) is 8.14. The van der Waals surface area contributed by atoms with E-state index in [-0.39, 0.29) is 0 Å². The van der Waals surface area contributed by atoms with E-state index < -0.39 is 17.4 Å². The first-order valence-electron chi connectivity index (χ1n) is 3.69. The Morgan fingerprint density at radius 1 is 1.38 bits per heavy atom. The third-order valence-corrected chi connectivity index (χ3v) is 1.01. The maximum Gasteiger partial charge on any atom is 0.329 e. The van der Waals surface area contributed by atoms with Crippen molar-refractivity contribution >= 4 is 11.9 Å². The van der Waals surface area contributed by atoms with Crippen LogP contribution in [0.25, 0.3) is 0 Å². The molecule has 0 unspecified atom stereocenters. The lowest BCUT2D eigenvalue weighted by Crippen LogP contribution is -2.18. The number of esters is 1. The monoisotopic (exact) mass is 188 g/mol. The van der Waals surface area contributed by atoms with E-state index in [2.05, 4.69) is 11.3 Å². The van der Waals surface area contributed by atoms with Gasteiger partial charge in [-0.3, -0.25) is 4.79 Å². The molecule has 0 aliphatic heterocycles. The topological polar surface area (TPSA) is 63.6 Å². The highest BCUT2D eigenvalue weighted by molar-refractivity contribution is 5.80. The van der Waals surface area contributed by atoms with Gasteiger partial charge in [0, 0.05) is 6.08 Å². The number of carbonyl (C=O) groups is 2. The number of hydrogen-bond donors (Lipinski definition) is 1. The van der Waals surface area contributed by atoms with Crippen LogP contribution in [0.5, 0.6) is 0 Å². The van der Waals surface area contributed by atoms with Crippen LogP contribution in [0.15, 0.2) is 12.7 Å². The van der Waals surface area contributed by atoms with Gasteiger partial charge in [0.05, 0.1) is 12.5 Å². The number of carbonyl (C=O) groups excluding carboxylic acids is 1. The molecule has 1 N–H and O–H groups in total. The molecule has 0 fully saturated rings. The highest BCUT2D eigenvalue weighted by atomic mass is 16.5. The van der Waals surface area contributed by atoms with Gasteiger partial charge in [0.15, 0.2) is 0 Å². The van der Waals surface area contributed by atoms with E-state index in [1.165, 1.54) is 7.11 Å². The summed E-state index contributed by atoms with van der Waals surface area (Å²) in [6, 6.07) is 0. The third-order valence-electron chi connectivity index (χ3n) is 1.01. The van der Waals surface area contributed by atoms with Crippen molar-refractivity contribution in [1.82, 2.24) is 0 Å². The Kier molecular flexibility index (Phi) is 6.81. The van der Waals surface area contributed by atoms with Crippen molar-refractivity contribution in [3.8, 4) is 0 Å². The van der Waals surface area contributed by atoms with Crippen LogP contribution in [0.3, 0.4) is 0 Å². The highest BCUT2D eigenvalue weighted by Crippen LogP contribution is 2.11. The molecule has 0 rings (SSSR count). The highest BCUT2D eigenvalue weighted by Gasteiger charge is 2.18. The zero-order valence-electron chi connectivity index (χ0n) is 8.46. The Hall–Kier alpha value is -1.32. The van der Waals surface area contributed by atoms with Crippen LogP contribution in [0.1, 0.15) is 20.8 Å². The second kappa shape index (κ2) is 6.22. The van der Waals surface area contributed by atoms with E-state index in [1.54, 1.807) is 20.8 Å². The minimum absolute atomic E-state index is 0.394. The van der Waals surface area contributed by atoms with Gasteiger partial charge < -0.3 is 9.84 Å². The Labute approximate surface area is 78.2 Å². The van der Waals surface area contributed by atoms with Crippen LogP contribution >= 0.6 is 0 Å². The molecule has 0 amide bonds. The lowest BCUT2D eigenvalue weighted by Gasteiger charge is -2.08. The fraction of sp³-hybridized carbons (Fsp3) is 0.556. The first-order chi connectivity index (χ1) is 5.75. The average Bonchev–Trinajstić information content (AvgIpc) is 2.02. The van der Waals surface area contributed by atoms with E-state index in [9.17, 15) is 9.59 Å². The Morgan fingerprint density at radius 3 is 1.69 bits per heavy atom. The average molecular weight is 188 g/mol. The molecule has 4 heteroatoms. The molecule has 0 spiro atoms. The number of aliphatic carboxylic acids is 1. The minimum Gasteiger partial charge on any atom is -0.481 e. The lowest BCUT2D eigenvalue weighted by atomic mass is 9.98. The number of carboxylic acid groups (broad SMARTS) is 1. The van der Waals surface area contributed by atoms with Crippen molar-refractivity contribution in [1.29, 1.82) is 0 Å². The molecule has 0 atom stereocenters. The van der Waals surface area contributed by atoms with Crippen molar-refractivity contribution in [2.45, 2.75) is 20.8 Å². The number of rotatable bonds is 1. The standard InChI is InChI=1S/C5H10O2.C4H6O2/c1-5(2,3)4(6)7;1-3-4(5)6-2/h1-3H3,(H,6,7);3H,1H2,2H3. The molecule has 0 aliphatic carbocycles. The van der Waals surface area contributed by atoms with Crippen LogP contribution in [0, 0.1) is 5.41 Å². The molecule has 0 bridgehead atoms. The van der Waals surface area contributed by atoms with Gasteiger partial charge in [-0.25, -0.2) is 4.79 Å². The second-order valence-corrected chi connectivity index (χ2v) is 3.28. The summed E-state index contributed by atoms with van der Waals surface area (Å²) >= 11 is 0. The van der Waals surface area contributed by atoms with Gasteiger partial charge in [-0.2, -0.15) is 0 Å². The predicted molar refractivity (Wildman–Crippen MR) is 49.3 cm³/mol. The molecular formula is C9H16O4. The molecule has 13 heavy (non-hydrogen) atoms. The summed E-state index contributed by atoms with van der Waals surface area (Å²) < 4.78 is 4.14. The van der Waals surface area contributed by atoms with Gasteiger partial charge in [-0.15, -0.1) is 0 Å². The summed E-state index contributed by atoms with van der Waals surface area (Å²) in [5, 5.41) is 8.25. The summed E-state index contributed by atoms with van der Waals surface area (Å²) in [7, 11) is 1.31. The fourth-order valence-corrected chi connectivity index (χ4v) is 0.0833. The van der Waals surface area contributed by atoms with E-state index in [0.29, 0.717) is 0 Å². The zero-order valence-corrected chi connectivity index (χ0v) is 8.46. The second-order valence-electron chi connectivity index (χ2n) is 3.28. The maximum absolute atomic E-state index is 10.0. The number of methoxy groups -OCH3 is 1. The minimum atomic E-state index is -0.757. The van der Waals surface area contributed by atoms with Gasteiger partial charge in [-0.05, 0) is 20.8 Å². The summed E-state index contributed by atoms with van der Waals surface area (Å²) in [5.41, 5.74) is -0.583. The largest absolute Gasteiger partial charge is 0.481 e. The Balaban J connectivity index is 0. The molecule has 4 nitrogen and oxygen atoms in total. The molecule has 0 saturated heterocycles. The zero-order chi connectivity index (χ0) is 11.1. The molecule has 0 aromatic heterocycles. The van der Waals surface area contributed by atoms with E-state index in [1.807, 2.05) is 0 Å². The van der Waals surface area contributed by atoms with Crippen LogP contribution in [0.4, 0.5) is 0 Å². The van der Waals surface area contributed by atoms with Crippen LogP contribution < -0.4 is 0 Å². The van der Waals surface area contributed by atoms with Crippen LogP contribution in [0.2, 0.25) is 0 Å². The SMILES string of the molecule is C=CC(=O)OC.CC(C)(C)C(=O)O. The Bertz CT molecular complexity index is 188. The third kappa shape index (κ3) is 10.7. The number of ether oxygens (including phenoxy) is 1. The Morgan fingerprint density at radius 2 is 1.69 bits per heavy atom. The molecule has 0 aromatic carbocycles. The summed E-state index contributed by atoms with van der Waals surface area (Å²) in [4.78, 5) is 19.9. The maximum atomic E-state index is 10.0. The summed E-state index contributed by atoms with van der Waals surface area (Å²) in [6.07, 6.45) is 1.11. The quantitative estimate of drug-likeness (QED) is 0.500. The molecule has 0 saturated carbocycles. The molecule has 0 radical (unpaired) electrons. The van der Waals surface area contributed by atoms with Crippen LogP contribution in [-0.4, -0.2) is 24.2 Å². The molecule has 0 heterocycles. The van der Waals surface area contributed by atoms with Gasteiger partial charge in [0.1, 0.15) is 0 Å². The smallest absolute Gasteiger partial charge is 0.329 e. The molecular weight excluding hydrogens is 172 g/mol. The van der Waals surface area contributed by atoms with E-state index in [0.717, 1.165) is 6.08 Å². The van der Waals surface area contributed by atoms with Crippen molar-refractivity contribution in [2.24, 2.45) is 5.41 Å². The van der Waals surface area contributed by atoms with Crippen molar-refractivity contribution in [2.75, 3.05) is 7.11 Å². The first kappa shape index (κ1) is 14.2. The first-order valence-corrected chi connectivity index (χ1v) is 3.69. The number of carboxylic acids is 1. The molecule has 0 aromatic rings. The van der Waals surface area contributed by atoms with Crippen molar-refractivity contribution in [3.05, 3.63) is 12.7 Å². The molecule has 0 aliphatic rings. The van der Waals surface area contributed by atoms with Crippen molar-refractivity contribution in [3.63, 3.8) is 0 Å². The van der Waals surface area contributed by atoms with E-state index >= 15 is 0 Å². The summed E-state index contributed by atoms with van der Waals surface area (Å²) in [5.74, 6) is -1.15. The molecule has 76 valence electrons. The van der Waals surface area contributed by atoms with E-state index in [4.69, 9.17) is 5.11 Å². The fourth-order valence-electron chi connectivity index (χ4n) is 0.0833. The van der Waals surface area contributed by atoms with Gasteiger partial charge in [-0.1, -0.05) is 6.58 Å². The predicted octanol–water partition coefficient (Wildman–Crippen LogP) is 1.46.